The van der Waals surface area contributed by atoms with E-state index in [0.717, 1.165) is 61.1 Å². The molecule has 1 atom stereocenters. The minimum Gasteiger partial charge on any atom is -0.456 e. The Bertz CT molecular complexity index is 9760. The molecule has 0 aliphatic carbocycles. The fraction of sp³-hybridized carbons (Fsp3) is 0.193. The fourth-order valence-electron chi connectivity index (χ4n) is 16.1. The van der Waals surface area contributed by atoms with Gasteiger partial charge in [-0.15, -0.1) is 0 Å². The van der Waals surface area contributed by atoms with Crippen LogP contribution in [0.15, 0.2) is 309 Å². The van der Waals surface area contributed by atoms with Gasteiger partial charge in [0.25, 0.3) is 0 Å². The Morgan fingerprint density at radius 2 is 0.557 bits per heavy atom. The van der Waals surface area contributed by atoms with Crippen molar-refractivity contribution in [2.45, 2.75) is 124 Å². The normalized spacial score (nSPS) is 15.1. The molecule has 0 bridgehead atoms. The number of fused-ring (bicyclic) bond motifs is 12. The average molecular weight is 1750 g/mol. The quantitative estimate of drug-likeness (QED) is 0.0901. The number of benzene rings is 12. The summed E-state index contributed by atoms with van der Waals surface area (Å²) in [5.74, 6) is -3.45. The molecule has 0 saturated carbocycles. The van der Waals surface area contributed by atoms with Crippen LogP contribution in [0.1, 0.15) is 170 Å². The molecule has 131 heavy (non-hydrogen) atoms. The molecular weight excluding hydrogens is 1610 g/mol. The lowest BCUT2D eigenvalue weighted by Gasteiger charge is -2.09. The van der Waals surface area contributed by atoms with E-state index in [1.165, 1.54) is 25.3 Å². The summed E-state index contributed by atoms with van der Waals surface area (Å²) in [5.41, 5.74) is 13.8. The van der Waals surface area contributed by atoms with Crippen LogP contribution >= 0.6 is 0 Å². The van der Waals surface area contributed by atoms with Gasteiger partial charge in [-0.1, -0.05) is 289 Å². The Morgan fingerprint density at radius 1 is 0.313 bits per heavy atom. The van der Waals surface area contributed by atoms with E-state index in [1.54, 1.807) is 118 Å². The molecule has 0 N–H and O–H groups in total. The van der Waals surface area contributed by atoms with Crippen molar-refractivity contribution in [1.29, 1.82) is 0 Å². The van der Waals surface area contributed by atoms with Gasteiger partial charge in [-0.2, -0.15) is 0 Å². The smallest absolute Gasteiger partial charge is 0.216 e. The van der Waals surface area contributed by atoms with Crippen molar-refractivity contribution >= 4 is 111 Å². The van der Waals surface area contributed by atoms with E-state index in [2.05, 4.69) is 19.4 Å². The summed E-state index contributed by atoms with van der Waals surface area (Å²) in [5, 5.41) is 5.30. The minimum atomic E-state index is -2.70. The summed E-state index contributed by atoms with van der Waals surface area (Å²) in [6.07, 6.45) is 4.66. The largest absolute Gasteiger partial charge is 0.456 e. The highest BCUT2D eigenvalue weighted by Gasteiger charge is 2.30. The summed E-state index contributed by atoms with van der Waals surface area (Å²) in [6.45, 7) is 46.1. The number of hydrogen-bond acceptors (Lipinski definition) is 4. The van der Waals surface area contributed by atoms with E-state index in [-0.39, 0.29) is 161 Å². The van der Waals surface area contributed by atoms with E-state index < -0.39 is 134 Å². The summed E-state index contributed by atoms with van der Waals surface area (Å²) < 4.78 is 290. The van der Waals surface area contributed by atoms with Gasteiger partial charge in [0, 0.05) is 123 Å². The van der Waals surface area contributed by atoms with Gasteiger partial charge in [0.15, 0.2) is 47.5 Å². The van der Waals surface area contributed by atoms with Gasteiger partial charge in [0.2, 0.25) is 22.8 Å². The van der Waals surface area contributed by atoms with Crippen LogP contribution in [0.5, 0.6) is 0 Å². The Kier molecular flexibility index (Phi) is 17.9. The first-order chi connectivity index (χ1) is 74.1. The SMILES string of the molecule is C.C.C.C.[2H]c1c[n+](C)c(-c2c(C)ccc3c2oc2c(-c4c([2H])c([2H])c([2H])c([2H])c4[2H])c([N+]#[C-])ccc23)cc1C.[2H]c1c[n+](C)c(-c2c(C)ccc3c2oc2c(-c4c([2H])c([2H])c([2H])c([2H])c4[2H])c([N+]#[C-])ccc23)cc1C([2H])(C)C.[2H]c1c[n+](C)c(-c2c(C)ccc3c2oc2c(-c4c([2H])c([2H])c([2H])c([2H])c4[2H])c([N+]#[C-])ccc23)cc1C([2H])(C)C([2H])([2H])[2H].[2H]c1c[n+](C)c(-c2c(C)ccc3c2oc2c(-c4c([2H])c([2H])c([2H])c([2H])c4[2H])c([N+]#[C-])ccc23)cc1C([2H])([2H])C(C)C. The average Bonchev–Trinajstić information content (AvgIpc) is 1.61. The molecule has 20 rings (SSSR count). The van der Waals surface area contributed by atoms with E-state index in [0.29, 0.717) is 94.4 Å². The third-order valence-corrected chi connectivity index (χ3v) is 22.3. The predicted octanol–water partition coefficient (Wildman–Crippen LogP) is 32.7. The molecule has 0 spiro atoms. The van der Waals surface area contributed by atoms with Crippen molar-refractivity contribution in [3.05, 3.63) is 381 Å². The monoisotopic (exact) mass is 1750 g/mol. The fourth-order valence-corrected chi connectivity index (χ4v) is 16.1. The molecule has 12 heteroatoms. The van der Waals surface area contributed by atoms with Crippen molar-refractivity contribution in [3.63, 3.8) is 0 Å². The van der Waals surface area contributed by atoms with Gasteiger partial charge in [0.1, 0.15) is 72.9 Å². The maximum Gasteiger partial charge on any atom is 0.216 e. The molecule has 650 valence electrons. The van der Waals surface area contributed by atoms with E-state index in [1.807, 2.05) is 119 Å². The van der Waals surface area contributed by atoms with Crippen molar-refractivity contribution < 1.29 is 78.4 Å². The lowest BCUT2D eigenvalue weighted by atomic mass is 9.96. The first kappa shape index (κ1) is 60.2. The molecule has 0 aliphatic heterocycles. The Morgan fingerprint density at radius 3 is 0.824 bits per heavy atom. The zero-order valence-corrected chi connectivity index (χ0v) is 71.6. The Hall–Kier alpha value is -15.6. The molecule has 20 aromatic rings. The number of pyridine rings is 4. The summed E-state index contributed by atoms with van der Waals surface area (Å²) >= 11 is 0. The van der Waals surface area contributed by atoms with Crippen LogP contribution in [-0.2, 0) is 34.6 Å². The van der Waals surface area contributed by atoms with Crippen molar-refractivity contribution in [2.75, 3.05) is 0 Å². The number of aryl methyl sites for hydroxylation is 9. The first-order valence-corrected chi connectivity index (χ1v) is 40.3. The van der Waals surface area contributed by atoms with E-state index in [4.69, 9.17) is 86.5 Å². The second-order valence-corrected chi connectivity index (χ2v) is 31.2. The first-order valence-electron chi connectivity index (χ1n) is 55.8. The minimum absolute atomic E-state index is 0. The number of furan rings is 4. The van der Waals surface area contributed by atoms with Crippen LogP contribution in [0.25, 0.3) is 197 Å². The molecule has 1 unspecified atom stereocenters. The van der Waals surface area contributed by atoms with Gasteiger partial charge >= 0.3 is 0 Å². The van der Waals surface area contributed by atoms with Crippen molar-refractivity contribution in [2.24, 2.45) is 34.1 Å². The van der Waals surface area contributed by atoms with E-state index >= 15 is 0 Å². The second kappa shape index (κ2) is 38.9. The highest BCUT2D eigenvalue weighted by Crippen LogP contribution is 2.50. The van der Waals surface area contributed by atoms with Crippen LogP contribution in [0.4, 0.5) is 22.7 Å². The highest BCUT2D eigenvalue weighted by molar-refractivity contribution is 6.19. The summed E-state index contributed by atoms with van der Waals surface area (Å²) in [7, 11) is 7.16. The van der Waals surface area contributed by atoms with Crippen LogP contribution in [-0.4, -0.2) is 0 Å². The molecule has 0 aliphatic rings. The van der Waals surface area contributed by atoms with Crippen molar-refractivity contribution in [1.82, 2.24) is 0 Å². The molecule has 0 radical (unpaired) electrons. The standard InChI is InChI=1S/C30H27N2O.2C29H25N2O.C27H21N2O.4CH4/c1-19(2)17-21-15-16-32(5)26(18-21)27-20(3)11-12-23-24-13-14-25(31-4)28(30(24)33-29(23)27)22-9-7-6-8-10-22;2*1-18(2)21-15-16-31(5)25(17-21)26-19(3)11-12-22-23-13-14-24(30-4)27(29(23)32-28(22)26)20-9-7-6-8-10-20;1-17-14-15-29(4)23(16-17)24-18(2)10-11-20-21-12-13-22(28-3)25(27(21)30-26(20)24)19-8-6-5-7-9-19;;;;/h6-16,18-19H,17H2,1-3,5H3;2*6-18H,1-3,5H3;5-16H,1-2,4H3;4*1H4/q4*+1;;;;/i6D,7D,8D,9D,10D,15D,17D2;1D3,6D,7D,8D,9D,10D,15D,18D;6D,7D,8D,9D,10D,15D,18D;5D,6D,7D,8D,9D,14D;;;;. The molecule has 8 aromatic heterocycles. The zero-order chi connectivity index (χ0) is 116. The number of aromatic nitrogens is 4. The van der Waals surface area contributed by atoms with Crippen molar-refractivity contribution in [3.8, 4) is 89.5 Å². The van der Waals surface area contributed by atoms with Gasteiger partial charge in [-0.05, 0) is 125 Å². The van der Waals surface area contributed by atoms with Crippen LogP contribution < -0.4 is 18.3 Å². The summed E-state index contributed by atoms with van der Waals surface area (Å²) in [6, 6.07) is 26.5. The predicted molar refractivity (Wildman–Crippen MR) is 545 cm³/mol. The Balaban J connectivity index is 0.000000177. The lowest BCUT2D eigenvalue weighted by molar-refractivity contribution is -0.660. The molecule has 0 amide bonds. The molecule has 0 saturated heterocycles. The van der Waals surface area contributed by atoms with Gasteiger partial charge in [0.05, 0.1) is 81.4 Å². The van der Waals surface area contributed by atoms with E-state index in [9.17, 15) is 0 Å². The third kappa shape index (κ3) is 17.4. The number of rotatable bonds is 12. The summed E-state index contributed by atoms with van der Waals surface area (Å²) in [4.78, 5) is 14.4. The second-order valence-electron chi connectivity index (χ2n) is 31.2. The van der Waals surface area contributed by atoms with Crippen LogP contribution in [0.3, 0.4) is 0 Å². The van der Waals surface area contributed by atoms with Gasteiger partial charge < -0.3 is 17.7 Å². The Labute approximate surface area is 814 Å². The molecule has 12 aromatic carbocycles. The molecule has 0 fully saturated rings. The molecular formula is C119H114N8O4+4. The number of nitrogens with zero attached hydrogens (tertiary/aromatic N) is 8. The van der Waals surface area contributed by atoms with Crippen LogP contribution in [0, 0.1) is 66.8 Å². The highest BCUT2D eigenvalue weighted by atomic mass is 16.3. The third-order valence-electron chi connectivity index (χ3n) is 22.3. The molecule has 12 nitrogen and oxygen atoms in total. The zero-order valence-electron chi connectivity index (χ0n) is 103. The maximum absolute atomic E-state index is 8.66. The maximum atomic E-state index is 8.66. The van der Waals surface area contributed by atoms with Gasteiger partial charge in [-0.3, -0.25) is 0 Å². The molecule has 8 heterocycles. The van der Waals surface area contributed by atoms with Crippen LogP contribution in [0.2, 0.25) is 0 Å². The number of hydrogen-bond donors (Lipinski definition) is 0. The topological polar surface area (TPSA) is 85.5 Å². The van der Waals surface area contributed by atoms with Gasteiger partial charge in [-0.25, -0.2) is 37.6 Å². The lowest BCUT2D eigenvalue weighted by Crippen LogP contribution is -2.31.